The maximum Gasteiger partial charge on any atom is 0.235 e. The van der Waals surface area contributed by atoms with Gasteiger partial charge in [0.15, 0.2) is 5.75 Å². The van der Waals surface area contributed by atoms with E-state index in [1.54, 1.807) is 11.6 Å². The number of pyridine rings is 1. The first-order valence-corrected chi connectivity index (χ1v) is 9.61. The number of aromatic nitrogens is 3. The maximum absolute atomic E-state index is 14.5. The molecule has 26 heavy (non-hydrogen) atoms. The molecule has 3 rings (SSSR count). The number of aryl methyl sites for hydroxylation is 2. The Morgan fingerprint density at radius 2 is 2.08 bits per heavy atom. The van der Waals surface area contributed by atoms with E-state index in [1.807, 2.05) is 6.92 Å². The monoisotopic (exact) mass is 380 g/mol. The van der Waals surface area contributed by atoms with Crippen LogP contribution < -0.4 is 10.2 Å². The van der Waals surface area contributed by atoms with E-state index >= 15 is 0 Å². The van der Waals surface area contributed by atoms with Crippen LogP contribution >= 0.6 is 0 Å². The Morgan fingerprint density at radius 3 is 2.65 bits per heavy atom. The summed E-state index contributed by atoms with van der Waals surface area (Å²) in [7, 11) is -3.56. The fraction of sp³-hybridized carbons (Fsp3) is 0.250. The van der Waals surface area contributed by atoms with Gasteiger partial charge in [0.25, 0.3) is 0 Å². The molecule has 0 spiro atoms. The lowest BCUT2D eigenvalue weighted by Gasteiger charge is -2.10. The van der Waals surface area contributed by atoms with E-state index in [-0.39, 0.29) is 22.3 Å². The standard InChI is InChI=1S/C16H17FN4O4S/c1-4-21-16-12(8(2)19-21)14(22)15(23)13(18-16)10-6-5-9(7-11(10)17)20-26(3,24)25/h5-7,20,23H,4H2,1-3H3,(H,18,22). The molecule has 3 N–H and O–H groups in total. The number of aromatic hydroxyl groups is 1. The van der Waals surface area contributed by atoms with Crippen LogP contribution in [0.25, 0.3) is 22.3 Å². The van der Waals surface area contributed by atoms with Gasteiger partial charge in [0.1, 0.15) is 11.5 Å². The third-order valence-corrected chi connectivity index (χ3v) is 4.50. The molecule has 0 amide bonds. The molecule has 0 unspecified atom stereocenters. The Balaban J connectivity index is 2.23. The number of sulfonamides is 1. The number of hydrogen-bond acceptors (Lipinski definition) is 5. The van der Waals surface area contributed by atoms with Crippen LogP contribution in [-0.4, -0.2) is 34.5 Å². The van der Waals surface area contributed by atoms with Crippen LogP contribution in [0.5, 0.6) is 5.75 Å². The number of hydrogen-bond donors (Lipinski definition) is 3. The molecule has 8 nitrogen and oxygen atoms in total. The SMILES string of the molecule is CCn1nc(C)c2c(=O)c(O)c(-c3ccc(NS(C)(=O)=O)cc3F)[nH]c21. The molecule has 0 saturated carbocycles. The van der Waals surface area contributed by atoms with Crippen molar-refractivity contribution in [3.8, 4) is 17.0 Å². The molecule has 0 aliphatic rings. The molecule has 0 radical (unpaired) electrons. The molecule has 0 aliphatic heterocycles. The minimum Gasteiger partial charge on any atom is -0.503 e. The van der Waals surface area contributed by atoms with Crippen molar-refractivity contribution in [1.82, 2.24) is 14.8 Å². The van der Waals surface area contributed by atoms with Gasteiger partial charge < -0.3 is 10.1 Å². The average Bonchev–Trinajstić information content (AvgIpc) is 2.86. The summed E-state index contributed by atoms with van der Waals surface area (Å²) in [5.41, 5.74) is 0.0519. The second-order valence-corrected chi connectivity index (χ2v) is 7.62. The number of benzene rings is 1. The van der Waals surface area contributed by atoms with E-state index in [4.69, 9.17) is 0 Å². The van der Waals surface area contributed by atoms with Crippen molar-refractivity contribution < 1.29 is 17.9 Å². The van der Waals surface area contributed by atoms with Gasteiger partial charge in [-0.3, -0.25) is 9.52 Å². The van der Waals surface area contributed by atoms with Crippen LogP contribution in [-0.2, 0) is 16.6 Å². The van der Waals surface area contributed by atoms with Crippen LogP contribution in [0.4, 0.5) is 10.1 Å². The fourth-order valence-corrected chi connectivity index (χ4v) is 3.36. The predicted molar refractivity (Wildman–Crippen MR) is 96.3 cm³/mol. The van der Waals surface area contributed by atoms with Gasteiger partial charge in [0.2, 0.25) is 15.5 Å². The van der Waals surface area contributed by atoms with Crippen molar-refractivity contribution in [3.63, 3.8) is 0 Å². The molecule has 1 aromatic carbocycles. The summed E-state index contributed by atoms with van der Waals surface area (Å²) in [6, 6.07) is 3.59. The Morgan fingerprint density at radius 1 is 1.38 bits per heavy atom. The Kier molecular flexibility index (Phi) is 4.23. The second kappa shape index (κ2) is 6.13. The molecule has 0 atom stereocenters. The van der Waals surface area contributed by atoms with Gasteiger partial charge >= 0.3 is 0 Å². The summed E-state index contributed by atoms with van der Waals surface area (Å²) in [4.78, 5) is 15.4. The zero-order chi connectivity index (χ0) is 19.2. The highest BCUT2D eigenvalue weighted by molar-refractivity contribution is 7.92. The molecule has 10 heteroatoms. The van der Waals surface area contributed by atoms with Gasteiger partial charge in [0.05, 0.1) is 28.7 Å². The van der Waals surface area contributed by atoms with Crippen molar-refractivity contribution in [1.29, 1.82) is 0 Å². The lowest BCUT2D eigenvalue weighted by atomic mass is 10.1. The number of nitrogens with one attached hydrogen (secondary N) is 2. The van der Waals surface area contributed by atoms with E-state index in [0.29, 0.717) is 17.9 Å². The number of nitrogens with zero attached hydrogens (tertiary/aromatic N) is 2. The summed E-state index contributed by atoms with van der Waals surface area (Å²) in [5.74, 6) is -1.43. The first-order chi connectivity index (χ1) is 12.1. The van der Waals surface area contributed by atoms with E-state index in [9.17, 15) is 22.7 Å². The molecule has 3 aromatic rings. The van der Waals surface area contributed by atoms with Gasteiger partial charge in [-0.15, -0.1) is 0 Å². The van der Waals surface area contributed by atoms with Crippen molar-refractivity contribution in [2.24, 2.45) is 0 Å². The van der Waals surface area contributed by atoms with Crippen molar-refractivity contribution in [2.75, 3.05) is 11.0 Å². The van der Waals surface area contributed by atoms with Gasteiger partial charge in [0, 0.05) is 12.1 Å². The normalized spacial score (nSPS) is 11.8. The minimum atomic E-state index is -3.56. The van der Waals surface area contributed by atoms with Gasteiger partial charge in [-0.25, -0.2) is 17.5 Å². The topological polar surface area (TPSA) is 117 Å². The second-order valence-electron chi connectivity index (χ2n) is 5.87. The van der Waals surface area contributed by atoms with Gasteiger partial charge in [-0.05, 0) is 32.0 Å². The van der Waals surface area contributed by atoms with Crippen molar-refractivity contribution in [2.45, 2.75) is 20.4 Å². The van der Waals surface area contributed by atoms with Crippen LogP contribution in [0.15, 0.2) is 23.0 Å². The average molecular weight is 380 g/mol. The lowest BCUT2D eigenvalue weighted by Crippen LogP contribution is -2.10. The van der Waals surface area contributed by atoms with Gasteiger partial charge in [-0.1, -0.05) is 0 Å². The smallest absolute Gasteiger partial charge is 0.235 e. The zero-order valence-corrected chi connectivity index (χ0v) is 15.1. The first-order valence-electron chi connectivity index (χ1n) is 7.72. The van der Waals surface area contributed by atoms with E-state index in [2.05, 4.69) is 14.8 Å². The number of halogens is 1. The molecule has 2 aromatic heterocycles. The molecular weight excluding hydrogens is 363 g/mol. The molecule has 138 valence electrons. The van der Waals surface area contributed by atoms with Crippen molar-refractivity contribution in [3.05, 3.63) is 39.9 Å². The molecule has 2 heterocycles. The lowest BCUT2D eigenvalue weighted by molar-refractivity contribution is 0.470. The largest absolute Gasteiger partial charge is 0.503 e. The summed E-state index contributed by atoms with van der Waals surface area (Å²) in [6.45, 7) is 3.96. The number of aromatic amines is 1. The molecule has 0 fully saturated rings. The maximum atomic E-state index is 14.5. The van der Waals surface area contributed by atoms with Crippen LogP contribution in [0, 0.1) is 12.7 Å². The highest BCUT2D eigenvalue weighted by Gasteiger charge is 2.20. The quantitative estimate of drug-likeness (QED) is 0.639. The highest BCUT2D eigenvalue weighted by atomic mass is 32.2. The summed E-state index contributed by atoms with van der Waals surface area (Å²) < 4.78 is 40.7. The summed E-state index contributed by atoms with van der Waals surface area (Å²) >= 11 is 0. The fourth-order valence-electron chi connectivity index (χ4n) is 2.81. The number of H-pyrrole nitrogens is 1. The third kappa shape index (κ3) is 3.03. The van der Waals surface area contributed by atoms with Crippen LogP contribution in [0.3, 0.4) is 0 Å². The molecule has 0 saturated heterocycles. The molecule has 0 bridgehead atoms. The Hall–Kier alpha value is -2.88. The first kappa shape index (κ1) is 17.9. The van der Waals surface area contributed by atoms with E-state index < -0.39 is 27.0 Å². The number of rotatable bonds is 4. The molecular formula is C16H17FN4O4S. The minimum absolute atomic E-state index is 0.0334. The number of fused-ring (bicyclic) bond motifs is 1. The summed E-state index contributed by atoms with van der Waals surface area (Å²) in [6.07, 6.45) is 0.949. The predicted octanol–water partition coefficient (Wildman–Crippen LogP) is 1.94. The third-order valence-electron chi connectivity index (χ3n) is 3.89. The van der Waals surface area contributed by atoms with Crippen LogP contribution in [0.1, 0.15) is 12.6 Å². The molecule has 0 aliphatic carbocycles. The number of anilines is 1. The zero-order valence-electron chi connectivity index (χ0n) is 14.3. The Bertz CT molecular complexity index is 1180. The van der Waals surface area contributed by atoms with Gasteiger partial charge in [-0.2, -0.15) is 5.10 Å². The van der Waals surface area contributed by atoms with Crippen molar-refractivity contribution >= 4 is 26.7 Å². The van der Waals surface area contributed by atoms with E-state index in [1.165, 1.54) is 12.1 Å². The Labute approximate surface area is 148 Å². The van der Waals surface area contributed by atoms with Crippen LogP contribution in [0.2, 0.25) is 0 Å². The summed E-state index contributed by atoms with van der Waals surface area (Å²) in [5, 5.41) is 14.7. The highest BCUT2D eigenvalue weighted by Crippen LogP contribution is 2.31. The van der Waals surface area contributed by atoms with E-state index in [0.717, 1.165) is 12.3 Å².